The van der Waals surface area contributed by atoms with E-state index in [0.717, 1.165) is 18.2 Å². The van der Waals surface area contributed by atoms with Crippen molar-refractivity contribution in [1.82, 2.24) is 14.3 Å². The second-order valence-electron chi connectivity index (χ2n) is 7.76. The fraction of sp³-hybridized carbons (Fsp3) is 0.318. The van der Waals surface area contributed by atoms with Gasteiger partial charge in [-0.15, -0.1) is 5.10 Å². The van der Waals surface area contributed by atoms with Crippen molar-refractivity contribution in [2.24, 2.45) is 0 Å². The Bertz CT molecular complexity index is 1350. The maximum atomic E-state index is 15.1. The molecule has 0 radical (unpaired) electrons. The lowest BCUT2D eigenvalue weighted by Gasteiger charge is -2.20. The maximum Gasteiger partial charge on any atom is 0.425 e. The van der Waals surface area contributed by atoms with Crippen LogP contribution in [0.1, 0.15) is 35.1 Å². The number of amides is 1. The summed E-state index contributed by atoms with van der Waals surface area (Å²) in [5.74, 6) is -2.96. The molecule has 36 heavy (non-hydrogen) atoms. The molecule has 1 amide bonds. The van der Waals surface area contributed by atoms with Crippen LogP contribution >= 0.6 is 0 Å². The van der Waals surface area contributed by atoms with Crippen LogP contribution in [-0.4, -0.2) is 39.1 Å². The van der Waals surface area contributed by atoms with Crippen LogP contribution in [0.5, 0.6) is 5.75 Å². The molecule has 0 bridgehead atoms. The number of ether oxygens (including phenoxy) is 2. The van der Waals surface area contributed by atoms with Crippen LogP contribution in [0.2, 0.25) is 0 Å². The van der Waals surface area contributed by atoms with E-state index in [1.165, 1.54) is 16.7 Å². The molecule has 0 fully saturated rings. The summed E-state index contributed by atoms with van der Waals surface area (Å²) in [7, 11) is 0. The normalized spacial score (nSPS) is 14.4. The topological polar surface area (TPSA) is 87.4 Å². The minimum absolute atomic E-state index is 0.0393. The number of hydrogen-bond donors (Lipinski definition) is 1. The number of carbonyl (C=O) groups is 1. The van der Waals surface area contributed by atoms with Crippen molar-refractivity contribution in [1.29, 1.82) is 0 Å². The SMILES string of the molecule is C[C@H](Oc1cc(-n2nc3n(c2=O)CCOC3)c(F)cc1C(=O)Nc1ccccc1C(F)F)C(F)(F)F. The third kappa shape index (κ3) is 4.94. The van der Waals surface area contributed by atoms with Crippen LogP contribution in [0.4, 0.5) is 32.0 Å². The molecule has 1 aliphatic heterocycles. The molecule has 0 unspecified atom stereocenters. The van der Waals surface area contributed by atoms with Gasteiger partial charge in [-0.05, 0) is 19.1 Å². The average Bonchev–Trinajstić information content (AvgIpc) is 3.15. The van der Waals surface area contributed by atoms with E-state index in [1.54, 1.807) is 0 Å². The third-order valence-corrected chi connectivity index (χ3v) is 5.36. The molecule has 1 N–H and O–H groups in total. The minimum atomic E-state index is -4.85. The number of alkyl halides is 5. The van der Waals surface area contributed by atoms with Crippen LogP contribution in [0.3, 0.4) is 0 Å². The van der Waals surface area contributed by atoms with Gasteiger partial charge in [0.1, 0.15) is 23.9 Å². The van der Waals surface area contributed by atoms with Crippen LogP contribution in [-0.2, 0) is 17.9 Å². The van der Waals surface area contributed by atoms with Gasteiger partial charge < -0.3 is 14.8 Å². The summed E-state index contributed by atoms with van der Waals surface area (Å²) in [6, 6.07) is 6.13. The van der Waals surface area contributed by atoms with Gasteiger partial charge in [0.2, 0.25) is 0 Å². The molecule has 2 heterocycles. The molecule has 0 saturated heterocycles. The van der Waals surface area contributed by atoms with E-state index in [2.05, 4.69) is 10.4 Å². The zero-order valence-electron chi connectivity index (χ0n) is 18.5. The number of anilines is 1. The number of aromatic nitrogens is 3. The van der Waals surface area contributed by atoms with Crippen LogP contribution in [0.25, 0.3) is 5.69 Å². The van der Waals surface area contributed by atoms with E-state index in [4.69, 9.17) is 9.47 Å². The minimum Gasteiger partial charge on any atom is -0.480 e. The number of nitrogens with one attached hydrogen (secondary N) is 1. The lowest BCUT2D eigenvalue weighted by atomic mass is 10.1. The number of halogens is 6. The smallest absolute Gasteiger partial charge is 0.425 e. The molecule has 1 atom stereocenters. The fourth-order valence-electron chi connectivity index (χ4n) is 3.47. The highest BCUT2D eigenvalue weighted by Crippen LogP contribution is 2.32. The van der Waals surface area contributed by atoms with Gasteiger partial charge in [-0.25, -0.2) is 18.0 Å². The number of fused-ring (bicyclic) bond motifs is 1. The lowest BCUT2D eigenvalue weighted by molar-refractivity contribution is -0.189. The molecule has 1 aromatic heterocycles. The molecule has 14 heteroatoms. The molecule has 0 aliphatic carbocycles. The van der Waals surface area contributed by atoms with Crippen molar-refractivity contribution in [2.45, 2.75) is 38.8 Å². The number of nitrogens with zero attached hydrogens (tertiary/aromatic N) is 3. The molecule has 0 saturated carbocycles. The van der Waals surface area contributed by atoms with Crippen LogP contribution in [0, 0.1) is 5.82 Å². The van der Waals surface area contributed by atoms with Crippen molar-refractivity contribution in [3.05, 3.63) is 69.7 Å². The number of para-hydroxylation sites is 1. The summed E-state index contributed by atoms with van der Waals surface area (Å²) < 4.78 is 93.3. The summed E-state index contributed by atoms with van der Waals surface area (Å²) >= 11 is 0. The van der Waals surface area contributed by atoms with Crippen LogP contribution in [0.15, 0.2) is 41.2 Å². The van der Waals surface area contributed by atoms with Crippen molar-refractivity contribution in [3.8, 4) is 11.4 Å². The molecule has 192 valence electrons. The highest BCUT2D eigenvalue weighted by Gasteiger charge is 2.39. The van der Waals surface area contributed by atoms with Gasteiger partial charge in [0.25, 0.3) is 12.3 Å². The van der Waals surface area contributed by atoms with E-state index in [1.807, 2.05) is 0 Å². The second kappa shape index (κ2) is 9.68. The van der Waals surface area contributed by atoms with Crippen molar-refractivity contribution < 1.29 is 40.6 Å². The first kappa shape index (κ1) is 25.3. The Morgan fingerprint density at radius 2 is 1.94 bits per heavy atom. The van der Waals surface area contributed by atoms with Crippen molar-refractivity contribution in [3.63, 3.8) is 0 Å². The number of carbonyl (C=O) groups excluding carboxylic acids is 1. The Balaban J connectivity index is 1.79. The molecule has 2 aromatic carbocycles. The lowest BCUT2D eigenvalue weighted by Crippen LogP contribution is -2.32. The molecule has 1 aliphatic rings. The van der Waals surface area contributed by atoms with Gasteiger partial charge in [0.05, 0.1) is 18.7 Å². The van der Waals surface area contributed by atoms with E-state index < -0.39 is 58.7 Å². The average molecular weight is 516 g/mol. The largest absolute Gasteiger partial charge is 0.480 e. The van der Waals surface area contributed by atoms with Gasteiger partial charge in [0.15, 0.2) is 11.9 Å². The Kier molecular flexibility index (Phi) is 6.80. The van der Waals surface area contributed by atoms with Crippen molar-refractivity contribution in [2.75, 3.05) is 11.9 Å². The van der Waals surface area contributed by atoms with Crippen molar-refractivity contribution >= 4 is 11.6 Å². The zero-order valence-corrected chi connectivity index (χ0v) is 18.5. The quantitative estimate of drug-likeness (QED) is 0.496. The summed E-state index contributed by atoms with van der Waals surface area (Å²) in [6.45, 7) is 0.962. The zero-order chi connectivity index (χ0) is 26.2. The fourth-order valence-corrected chi connectivity index (χ4v) is 3.47. The van der Waals surface area contributed by atoms with Crippen LogP contribution < -0.4 is 15.7 Å². The molecule has 4 rings (SSSR count). The standard InChI is InChI=1S/C22H18F6N4O4/c1-11(22(26,27)28)36-17-9-16(32-21(34)31-6-7-35-10-18(31)30-32)14(23)8-13(17)20(33)29-15-5-3-2-4-12(15)19(24)25/h2-5,8-9,11,19H,6-7,10H2,1H3,(H,29,33)/t11-/m0/s1. The molecular weight excluding hydrogens is 498 g/mol. The Morgan fingerprint density at radius 1 is 1.22 bits per heavy atom. The summed E-state index contributed by atoms with van der Waals surface area (Å²) in [5.41, 5.74) is -2.93. The van der Waals surface area contributed by atoms with Gasteiger partial charge >= 0.3 is 11.9 Å². The van der Waals surface area contributed by atoms with Gasteiger partial charge in [-0.3, -0.25) is 9.36 Å². The van der Waals surface area contributed by atoms with E-state index >= 15 is 4.39 Å². The summed E-state index contributed by atoms with van der Waals surface area (Å²) in [4.78, 5) is 25.6. The Morgan fingerprint density at radius 3 is 2.61 bits per heavy atom. The molecule has 3 aromatic rings. The van der Waals surface area contributed by atoms with Gasteiger partial charge in [-0.1, -0.05) is 18.2 Å². The predicted octanol–water partition coefficient (Wildman–Crippen LogP) is 4.22. The molecule has 0 spiro atoms. The third-order valence-electron chi connectivity index (χ3n) is 5.36. The highest BCUT2D eigenvalue weighted by molar-refractivity contribution is 6.06. The number of benzene rings is 2. The molecular formula is C22H18F6N4O4. The monoisotopic (exact) mass is 516 g/mol. The van der Waals surface area contributed by atoms with E-state index in [9.17, 15) is 31.5 Å². The second-order valence-corrected chi connectivity index (χ2v) is 7.76. The highest BCUT2D eigenvalue weighted by atomic mass is 19.4. The van der Waals surface area contributed by atoms with Gasteiger partial charge in [-0.2, -0.15) is 17.9 Å². The molecule has 8 nitrogen and oxygen atoms in total. The predicted molar refractivity (Wildman–Crippen MR) is 113 cm³/mol. The maximum absolute atomic E-state index is 15.1. The Labute approximate surface area is 199 Å². The van der Waals surface area contributed by atoms with E-state index in [0.29, 0.717) is 17.7 Å². The first-order valence-corrected chi connectivity index (χ1v) is 10.5. The Hall–Kier alpha value is -3.81. The number of rotatable bonds is 6. The summed E-state index contributed by atoms with van der Waals surface area (Å²) in [6.07, 6.45) is -10.3. The van der Waals surface area contributed by atoms with E-state index in [-0.39, 0.29) is 31.3 Å². The number of hydrogen-bond acceptors (Lipinski definition) is 5. The first-order valence-electron chi connectivity index (χ1n) is 10.5. The van der Waals surface area contributed by atoms with Gasteiger partial charge in [0, 0.05) is 17.3 Å². The summed E-state index contributed by atoms with van der Waals surface area (Å²) in [5, 5.41) is 6.11. The first-order chi connectivity index (χ1) is 17.0.